The van der Waals surface area contributed by atoms with Crippen LogP contribution >= 0.6 is 0 Å². The van der Waals surface area contributed by atoms with Gasteiger partial charge in [0.2, 0.25) is 5.78 Å². The molecule has 1 saturated heterocycles. The Balaban J connectivity index is 1.54. The number of phenols is 1. The molecule has 4 aliphatic rings. The summed E-state index contributed by atoms with van der Waals surface area (Å²) in [6.07, 6.45) is 2.16. The molecule has 3 aliphatic carbocycles. The lowest BCUT2D eigenvalue weighted by Gasteiger charge is -2.52. The molecule has 6 rings (SSSR count). The highest BCUT2D eigenvalue weighted by atomic mass is 16.5. The SMILES string of the molecule is N=C1C(C(N)=O)=C(O)[C@@H](N2CCOCC2)[C@@H]2C[C@@H]3Cc4c(-c5ccc[nH]5)ccc(O)c4C(O)=C3C(=O)[C@]12O. The highest BCUT2D eigenvalue weighted by Gasteiger charge is 2.63. The second-order valence-electron chi connectivity index (χ2n) is 10.3. The molecule has 2 heterocycles. The molecule has 11 heteroatoms. The van der Waals surface area contributed by atoms with Gasteiger partial charge in [-0.05, 0) is 48.6 Å². The van der Waals surface area contributed by atoms with Gasteiger partial charge in [-0.3, -0.25) is 14.5 Å². The van der Waals surface area contributed by atoms with E-state index in [1.54, 1.807) is 12.3 Å². The average Bonchev–Trinajstić information content (AvgIpc) is 3.41. The molecule has 2 aromatic rings. The Kier molecular flexibility index (Phi) is 5.49. The summed E-state index contributed by atoms with van der Waals surface area (Å²) >= 11 is 0. The summed E-state index contributed by atoms with van der Waals surface area (Å²) in [5.41, 5.74) is 3.78. The normalized spacial score (nSPS) is 29.7. The molecule has 1 aromatic carbocycles. The summed E-state index contributed by atoms with van der Waals surface area (Å²) in [7, 11) is 0. The van der Waals surface area contributed by atoms with E-state index in [1.807, 2.05) is 17.0 Å². The van der Waals surface area contributed by atoms with Crippen LogP contribution in [0, 0.1) is 17.2 Å². The van der Waals surface area contributed by atoms with E-state index >= 15 is 0 Å². The molecule has 198 valence electrons. The molecule has 11 nitrogen and oxygen atoms in total. The van der Waals surface area contributed by atoms with Crippen LogP contribution in [0.2, 0.25) is 0 Å². The fourth-order valence-corrected chi connectivity index (χ4v) is 6.73. The highest BCUT2D eigenvalue weighted by Crippen LogP contribution is 2.53. The van der Waals surface area contributed by atoms with E-state index in [0.717, 1.165) is 11.3 Å². The number of ketones is 1. The Bertz CT molecular complexity index is 1440. The Labute approximate surface area is 217 Å². The Morgan fingerprint density at radius 2 is 1.92 bits per heavy atom. The van der Waals surface area contributed by atoms with Gasteiger partial charge in [-0.1, -0.05) is 0 Å². The largest absolute Gasteiger partial charge is 0.510 e. The number of nitrogens with zero attached hydrogens (tertiary/aromatic N) is 1. The van der Waals surface area contributed by atoms with E-state index in [1.165, 1.54) is 6.07 Å². The molecule has 38 heavy (non-hydrogen) atoms. The summed E-state index contributed by atoms with van der Waals surface area (Å²) in [5.74, 6) is -4.75. The second-order valence-corrected chi connectivity index (χ2v) is 10.3. The molecule has 1 aromatic heterocycles. The first kappa shape index (κ1) is 24.4. The third-order valence-corrected chi connectivity index (χ3v) is 8.43. The van der Waals surface area contributed by atoms with Gasteiger partial charge in [0.25, 0.3) is 5.91 Å². The van der Waals surface area contributed by atoms with E-state index in [0.29, 0.717) is 31.9 Å². The van der Waals surface area contributed by atoms with Crippen molar-refractivity contribution in [3.63, 3.8) is 0 Å². The maximum absolute atomic E-state index is 14.1. The zero-order chi connectivity index (χ0) is 26.9. The number of phenolic OH excluding ortho intramolecular Hbond substituents is 1. The predicted molar refractivity (Wildman–Crippen MR) is 135 cm³/mol. The van der Waals surface area contributed by atoms with Crippen LogP contribution in [-0.2, 0) is 20.7 Å². The predicted octanol–water partition coefficient (Wildman–Crippen LogP) is 1.18. The number of fused-ring (bicyclic) bond motifs is 3. The molecular formula is C27H28N4O7. The smallest absolute Gasteiger partial charge is 0.254 e. The van der Waals surface area contributed by atoms with Crippen molar-refractivity contribution in [3.05, 3.63) is 58.5 Å². The topological polar surface area (TPSA) is 193 Å². The zero-order valence-corrected chi connectivity index (χ0v) is 20.4. The molecule has 0 unspecified atom stereocenters. The maximum Gasteiger partial charge on any atom is 0.254 e. The first-order valence-electron chi connectivity index (χ1n) is 12.5. The first-order valence-corrected chi connectivity index (χ1v) is 12.5. The summed E-state index contributed by atoms with van der Waals surface area (Å²) < 4.78 is 5.43. The number of aromatic hydroxyl groups is 1. The first-order chi connectivity index (χ1) is 18.2. The van der Waals surface area contributed by atoms with Crippen LogP contribution in [0.1, 0.15) is 17.5 Å². The lowest BCUT2D eigenvalue weighted by Crippen LogP contribution is -2.68. The standard InChI is InChI=1S/C27H28N4O7/c28-24-20(26(29)36)23(34)21(31-6-8-38-9-7-31)15-11-12-10-14-13(16-2-1-5-30-16)3-4-17(32)19(14)22(33)18(12)25(35)27(15,24)37/h1-5,12,15,21,28,30,32-34,37H,6-11H2,(H2,29,36)/t12-,15-,21-,27+/m0/s1. The molecule has 0 radical (unpaired) electrons. The number of aromatic nitrogens is 1. The van der Waals surface area contributed by atoms with Crippen LogP contribution < -0.4 is 5.73 Å². The fourth-order valence-electron chi connectivity index (χ4n) is 6.73. The van der Waals surface area contributed by atoms with Crippen molar-refractivity contribution in [3.8, 4) is 17.0 Å². The maximum atomic E-state index is 14.1. The molecule has 4 atom stereocenters. The molecule has 2 fully saturated rings. The number of Topliss-reactive ketones (excluding diaryl/α,β-unsaturated/α-hetero) is 1. The van der Waals surface area contributed by atoms with Gasteiger partial charge in [-0.15, -0.1) is 0 Å². The second kappa shape index (κ2) is 8.55. The Hall–Kier alpha value is -3.93. The number of benzene rings is 1. The number of carbonyl (C=O) groups is 2. The van der Waals surface area contributed by atoms with Crippen LogP contribution in [-0.4, -0.2) is 85.7 Å². The lowest BCUT2D eigenvalue weighted by atomic mass is 9.56. The molecular weight excluding hydrogens is 492 g/mol. The lowest BCUT2D eigenvalue weighted by molar-refractivity contribution is -0.140. The number of carbonyl (C=O) groups excluding carboxylic acids is 2. The van der Waals surface area contributed by atoms with Gasteiger partial charge in [0.05, 0.1) is 30.5 Å². The number of primary amides is 1. The Morgan fingerprint density at radius 3 is 2.58 bits per heavy atom. The third kappa shape index (κ3) is 3.22. The number of rotatable bonds is 3. The van der Waals surface area contributed by atoms with Crippen LogP contribution in [0.25, 0.3) is 17.0 Å². The number of aliphatic hydroxyl groups is 3. The van der Waals surface area contributed by atoms with Crippen molar-refractivity contribution in [2.24, 2.45) is 17.6 Å². The van der Waals surface area contributed by atoms with Crippen LogP contribution in [0.3, 0.4) is 0 Å². The van der Waals surface area contributed by atoms with Gasteiger partial charge < -0.3 is 41.3 Å². The number of hydrogen-bond donors (Lipinski definition) is 7. The minimum atomic E-state index is -2.51. The number of hydrogen-bond acceptors (Lipinski definition) is 9. The van der Waals surface area contributed by atoms with Gasteiger partial charge in [0, 0.05) is 42.0 Å². The van der Waals surface area contributed by atoms with E-state index in [2.05, 4.69) is 4.98 Å². The summed E-state index contributed by atoms with van der Waals surface area (Å²) in [6, 6.07) is 5.90. The number of nitrogens with two attached hydrogens (primary N) is 1. The van der Waals surface area contributed by atoms with Gasteiger partial charge in [0.1, 0.15) is 22.8 Å². The van der Waals surface area contributed by atoms with E-state index in [-0.39, 0.29) is 29.7 Å². The summed E-state index contributed by atoms with van der Waals surface area (Å²) in [5, 5.41) is 53.9. The monoisotopic (exact) mass is 520 g/mol. The van der Waals surface area contributed by atoms with Crippen molar-refractivity contribution in [1.82, 2.24) is 9.88 Å². The number of nitrogens with one attached hydrogen (secondary N) is 2. The van der Waals surface area contributed by atoms with E-state index in [4.69, 9.17) is 15.9 Å². The van der Waals surface area contributed by atoms with Crippen molar-refractivity contribution in [2.45, 2.75) is 24.5 Å². The summed E-state index contributed by atoms with van der Waals surface area (Å²) in [4.78, 5) is 31.4. The number of morpholine rings is 1. The van der Waals surface area contributed by atoms with Gasteiger partial charge >= 0.3 is 0 Å². The van der Waals surface area contributed by atoms with Gasteiger partial charge in [-0.2, -0.15) is 0 Å². The van der Waals surface area contributed by atoms with Crippen LogP contribution in [0.4, 0.5) is 0 Å². The van der Waals surface area contributed by atoms with Crippen molar-refractivity contribution < 1.29 is 34.8 Å². The minimum absolute atomic E-state index is 0.0966. The molecule has 1 amide bonds. The van der Waals surface area contributed by atoms with Crippen LogP contribution in [0.5, 0.6) is 5.75 Å². The van der Waals surface area contributed by atoms with E-state index in [9.17, 15) is 30.0 Å². The van der Waals surface area contributed by atoms with Crippen LogP contribution in [0.15, 0.2) is 47.4 Å². The molecule has 0 spiro atoms. The molecule has 1 saturated carbocycles. The molecule has 8 N–H and O–H groups in total. The molecule has 1 aliphatic heterocycles. The zero-order valence-electron chi connectivity index (χ0n) is 20.4. The average molecular weight is 521 g/mol. The quantitative estimate of drug-likeness (QED) is 0.313. The number of aromatic amines is 1. The minimum Gasteiger partial charge on any atom is -0.510 e. The van der Waals surface area contributed by atoms with Crippen molar-refractivity contribution in [2.75, 3.05) is 26.3 Å². The van der Waals surface area contributed by atoms with Crippen molar-refractivity contribution >= 4 is 23.2 Å². The number of aliphatic hydroxyl groups excluding tert-OH is 2. The number of amides is 1. The third-order valence-electron chi connectivity index (χ3n) is 8.43. The van der Waals surface area contributed by atoms with Gasteiger partial charge in [0.15, 0.2) is 5.60 Å². The number of ether oxygens (including phenoxy) is 1. The van der Waals surface area contributed by atoms with Crippen molar-refractivity contribution in [1.29, 1.82) is 5.41 Å². The van der Waals surface area contributed by atoms with Gasteiger partial charge in [-0.25, -0.2) is 0 Å². The summed E-state index contributed by atoms with van der Waals surface area (Å²) in [6.45, 7) is 1.46. The fraction of sp³-hybridized carbons (Fsp3) is 0.370. The Morgan fingerprint density at radius 1 is 1.18 bits per heavy atom. The van der Waals surface area contributed by atoms with E-state index < -0.39 is 58.0 Å². The molecule has 0 bridgehead atoms. The highest BCUT2D eigenvalue weighted by molar-refractivity contribution is 6.34. The number of H-pyrrole nitrogens is 1.